The Labute approximate surface area is 313 Å². The van der Waals surface area contributed by atoms with Crippen LogP contribution in [0.5, 0.6) is 0 Å². The van der Waals surface area contributed by atoms with Gasteiger partial charge in [0.15, 0.2) is 5.78 Å². The molecule has 0 unspecified atom stereocenters. The van der Waals surface area contributed by atoms with Gasteiger partial charge < -0.3 is 9.52 Å². The van der Waals surface area contributed by atoms with Crippen molar-refractivity contribution in [2.75, 3.05) is 0 Å². The van der Waals surface area contributed by atoms with Gasteiger partial charge in [-0.15, -0.1) is 17.7 Å². The number of nitrogens with zero attached hydrogens (tertiary/aromatic N) is 1. The maximum Gasteiger partial charge on any atom is 0.162 e. The maximum absolute atomic E-state index is 11.7. The maximum atomic E-state index is 11.7. The first kappa shape index (κ1) is 39.5. The molecule has 1 N–H and O–H groups in total. The van der Waals surface area contributed by atoms with E-state index in [0.717, 1.165) is 66.5 Å². The van der Waals surface area contributed by atoms with E-state index >= 15 is 0 Å². The number of furan rings is 1. The standard InChI is InChI=1S/C32H32NO.C13H24O2.Ir/c1-18(2)15-21-11-13-23-27-28-24(14-12-22(16-19(3)4)31(28)34-30(21)27)32(5,6)25-17-20-9-7-8-10-26(20)33-29(23)25;1-5-10(6-2)12(14)9-13(15)11(7-3)8-4;/h7-12,14,17-19H,15-16H2,1-6H3;9-11,14H,5-8H2,1-4H3;/q-1;;/b;12-9-;. The Bertz CT molecular complexity index is 1990. The first-order valence-electron chi connectivity index (χ1n) is 18.6. The molecular formula is C45H56IrNO3-. The quantitative estimate of drug-likeness (QED) is 0.0817. The molecule has 2 heterocycles. The minimum atomic E-state index is -0.219. The molecule has 0 spiro atoms. The summed E-state index contributed by atoms with van der Waals surface area (Å²) >= 11 is 0. The first-order valence-corrected chi connectivity index (χ1v) is 18.6. The van der Waals surface area contributed by atoms with Gasteiger partial charge in [0, 0.05) is 43.4 Å². The first-order chi connectivity index (χ1) is 23.4. The van der Waals surface area contributed by atoms with E-state index in [2.05, 4.69) is 96.1 Å². The summed E-state index contributed by atoms with van der Waals surface area (Å²) in [5.74, 6) is 1.65. The summed E-state index contributed by atoms with van der Waals surface area (Å²) in [6.45, 7) is 21.8. The summed E-state index contributed by atoms with van der Waals surface area (Å²) < 4.78 is 6.82. The molecule has 0 saturated heterocycles. The third-order valence-corrected chi connectivity index (χ3v) is 10.5. The molecule has 269 valence electrons. The summed E-state index contributed by atoms with van der Waals surface area (Å²) in [5, 5.41) is 13.4. The fraction of sp³-hybridized carbons (Fsp3) is 0.467. The van der Waals surface area contributed by atoms with Crippen molar-refractivity contribution in [3.63, 3.8) is 0 Å². The van der Waals surface area contributed by atoms with E-state index in [1.54, 1.807) is 0 Å². The minimum absolute atomic E-state index is 0. The van der Waals surface area contributed by atoms with Gasteiger partial charge in [0.05, 0.1) is 16.9 Å². The van der Waals surface area contributed by atoms with Crippen LogP contribution in [0.4, 0.5) is 0 Å². The number of allylic oxidation sites excluding steroid dienone is 2. The molecule has 0 atom stereocenters. The van der Waals surface area contributed by atoms with Gasteiger partial charge in [0.25, 0.3) is 0 Å². The van der Waals surface area contributed by atoms with E-state index in [9.17, 15) is 9.90 Å². The number of pyridine rings is 1. The monoisotopic (exact) mass is 851 g/mol. The van der Waals surface area contributed by atoms with Crippen LogP contribution in [0.2, 0.25) is 0 Å². The number of hydrogen-bond donors (Lipinski definition) is 1. The van der Waals surface area contributed by atoms with Crippen molar-refractivity contribution >= 4 is 38.6 Å². The molecule has 0 bridgehead atoms. The average Bonchev–Trinajstić information content (AvgIpc) is 3.44. The van der Waals surface area contributed by atoms with Gasteiger partial charge in [-0.05, 0) is 71.7 Å². The van der Waals surface area contributed by atoms with Gasteiger partial charge in [0.1, 0.15) is 5.58 Å². The molecule has 0 fully saturated rings. The van der Waals surface area contributed by atoms with Crippen LogP contribution in [0.1, 0.15) is 117 Å². The van der Waals surface area contributed by atoms with E-state index in [0.29, 0.717) is 11.8 Å². The zero-order valence-electron chi connectivity index (χ0n) is 31.8. The minimum Gasteiger partial charge on any atom is -0.512 e. The van der Waals surface area contributed by atoms with Crippen LogP contribution < -0.4 is 0 Å². The second-order valence-corrected chi connectivity index (χ2v) is 15.4. The predicted molar refractivity (Wildman–Crippen MR) is 206 cm³/mol. The number of aromatic nitrogens is 1. The van der Waals surface area contributed by atoms with Crippen LogP contribution in [0, 0.1) is 29.7 Å². The van der Waals surface area contributed by atoms with Gasteiger partial charge in [-0.25, -0.2) is 0 Å². The predicted octanol–water partition coefficient (Wildman–Crippen LogP) is 12.5. The second kappa shape index (κ2) is 16.4. The molecule has 0 amide bonds. The molecule has 2 aromatic heterocycles. The van der Waals surface area contributed by atoms with Crippen molar-refractivity contribution in [1.29, 1.82) is 0 Å². The summed E-state index contributed by atoms with van der Waals surface area (Å²) in [5.41, 5.74) is 10.1. The van der Waals surface area contributed by atoms with Crippen LogP contribution in [-0.4, -0.2) is 15.9 Å². The fourth-order valence-corrected chi connectivity index (χ4v) is 7.63. The SMILES string of the molecule is CC(C)Cc1c[c-]c2c3c1oc1c(CC(C)C)ccc(c13)C(C)(C)c1cc3ccccc3nc1-2.CCC(CC)C(=O)/C=C(\O)C(CC)CC.[Ir]. The van der Waals surface area contributed by atoms with Crippen molar-refractivity contribution in [2.24, 2.45) is 23.7 Å². The third-order valence-electron chi connectivity index (χ3n) is 10.5. The molecule has 0 aliphatic heterocycles. The van der Waals surface area contributed by atoms with E-state index in [1.165, 1.54) is 44.5 Å². The molecule has 3 aromatic carbocycles. The number of para-hydroxylation sites is 1. The van der Waals surface area contributed by atoms with Crippen LogP contribution in [-0.2, 0) is 43.2 Å². The third kappa shape index (κ3) is 7.65. The number of aliphatic hydroxyl groups excluding tert-OH is 1. The van der Waals surface area contributed by atoms with Crippen LogP contribution in [0.3, 0.4) is 0 Å². The van der Waals surface area contributed by atoms with Crippen molar-refractivity contribution < 1.29 is 34.4 Å². The van der Waals surface area contributed by atoms with Gasteiger partial charge in [-0.1, -0.05) is 134 Å². The Morgan fingerprint density at radius 2 is 1.44 bits per heavy atom. The molecule has 1 aliphatic rings. The molecule has 1 aliphatic carbocycles. The topological polar surface area (TPSA) is 63.3 Å². The molecule has 4 nitrogen and oxygen atoms in total. The number of carbonyl (C=O) groups is 1. The molecule has 1 radical (unpaired) electrons. The molecular weight excluding hydrogens is 795 g/mol. The number of ketones is 1. The van der Waals surface area contributed by atoms with Crippen molar-refractivity contribution in [3.05, 3.63) is 88.7 Å². The fourth-order valence-electron chi connectivity index (χ4n) is 7.63. The van der Waals surface area contributed by atoms with Crippen molar-refractivity contribution in [1.82, 2.24) is 4.98 Å². The number of rotatable bonds is 11. The van der Waals surface area contributed by atoms with Gasteiger partial charge in [-0.2, -0.15) is 0 Å². The summed E-state index contributed by atoms with van der Waals surface area (Å²) in [6.07, 6.45) is 6.89. The van der Waals surface area contributed by atoms with Crippen LogP contribution in [0.25, 0.3) is 44.1 Å². The number of benzene rings is 3. The Morgan fingerprint density at radius 1 is 0.840 bits per heavy atom. The van der Waals surface area contributed by atoms with E-state index in [-0.39, 0.29) is 48.9 Å². The van der Waals surface area contributed by atoms with E-state index in [4.69, 9.17) is 9.40 Å². The second-order valence-electron chi connectivity index (χ2n) is 15.4. The van der Waals surface area contributed by atoms with E-state index < -0.39 is 0 Å². The molecule has 6 rings (SSSR count). The number of fused-ring (bicyclic) bond motifs is 3. The normalized spacial score (nSPS) is 13.7. The molecule has 0 saturated carbocycles. The Hall–Kier alpha value is -3.27. The Morgan fingerprint density at radius 3 is 2.06 bits per heavy atom. The number of aliphatic hydroxyl groups is 1. The van der Waals surface area contributed by atoms with E-state index in [1.807, 2.05) is 27.7 Å². The summed E-state index contributed by atoms with van der Waals surface area (Å²) in [4.78, 5) is 17.0. The Kier molecular flexibility index (Phi) is 12.9. The van der Waals surface area contributed by atoms with Crippen molar-refractivity contribution in [3.8, 4) is 11.3 Å². The zero-order chi connectivity index (χ0) is 35.6. The van der Waals surface area contributed by atoms with Crippen LogP contribution >= 0.6 is 0 Å². The van der Waals surface area contributed by atoms with Crippen LogP contribution in [0.15, 0.2) is 64.8 Å². The van der Waals surface area contributed by atoms with Gasteiger partial charge in [0.2, 0.25) is 0 Å². The van der Waals surface area contributed by atoms with Gasteiger partial charge in [-0.3, -0.25) is 9.78 Å². The zero-order valence-corrected chi connectivity index (χ0v) is 34.2. The molecule has 50 heavy (non-hydrogen) atoms. The molecule has 5 aromatic rings. The summed E-state index contributed by atoms with van der Waals surface area (Å²) in [7, 11) is 0. The average molecular weight is 851 g/mol. The number of carbonyl (C=O) groups excluding carboxylic acids is 1. The Balaban J connectivity index is 0.000000301. The number of hydrogen-bond acceptors (Lipinski definition) is 4. The summed E-state index contributed by atoms with van der Waals surface area (Å²) in [6, 6.07) is 21.3. The smallest absolute Gasteiger partial charge is 0.162 e. The van der Waals surface area contributed by atoms with Gasteiger partial charge >= 0.3 is 0 Å². The van der Waals surface area contributed by atoms with Crippen molar-refractivity contribution in [2.45, 2.75) is 113 Å². The largest absolute Gasteiger partial charge is 0.512 e. The molecule has 5 heteroatoms.